The molecule has 0 aliphatic carbocycles. The van der Waals surface area contributed by atoms with Crippen molar-refractivity contribution in [3.05, 3.63) is 23.3 Å². The van der Waals surface area contributed by atoms with E-state index in [1.807, 2.05) is 26.0 Å². The van der Waals surface area contributed by atoms with Gasteiger partial charge in [0.2, 0.25) is 0 Å². The maximum Gasteiger partial charge on any atom is 0.125 e. The van der Waals surface area contributed by atoms with Gasteiger partial charge in [-0.05, 0) is 37.1 Å². The normalized spacial score (nSPS) is 12.5. The minimum Gasteiger partial charge on any atom is -0.490 e. The van der Waals surface area contributed by atoms with E-state index in [4.69, 9.17) is 20.7 Å². The molecule has 4 N–H and O–H groups in total. The summed E-state index contributed by atoms with van der Waals surface area (Å²) in [6, 6.07) is 3.63. The van der Waals surface area contributed by atoms with Gasteiger partial charge in [-0.3, -0.25) is 0 Å². The largest absolute Gasteiger partial charge is 0.490 e. The third kappa shape index (κ3) is 3.11. The summed E-state index contributed by atoms with van der Waals surface area (Å²) < 4.78 is 5.41. The summed E-state index contributed by atoms with van der Waals surface area (Å²) in [5, 5.41) is 17.8. The lowest BCUT2D eigenvalue weighted by Crippen LogP contribution is -2.21. The molecule has 1 aromatic rings. The van der Waals surface area contributed by atoms with E-state index in [0.717, 1.165) is 16.9 Å². The van der Waals surface area contributed by atoms with Crippen LogP contribution < -0.4 is 10.5 Å². The summed E-state index contributed by atoms with van der Waals surface area (Å²) in [7, 11) is 0. The third-order valence-electron chi connectivity index (χ3n) is 2.11. The summed E-state index contributed by atoms with van der Waals surface area (Å²) in [4.78, 5) is 0. The zero-order valence-electron chi connectivity index (χ0n) is 9.03. The first-order valence-electron chi connectivity index (χ1n) is 4.83. The van der Waals surface area contributed by atoms with Gasteiger partial charge in [0.15, 0.2) is 0 Å². The Morgan fingerprint density at radius 3 is 2.33 bits per heavy atom. The molecule has 0 spiro atoms. The molecule has 1 unspecified atom stereocenters. The standard InChI is InChI=1S/C11H17NO3/c1-7-3-9(12)4-8(2)11(7)15-6-10(14)5-13/h3-4,10,13-14H,5-6,12H2,1-2H3. The first kappa shape index (κ1) is 11.8. The number of hydrogen-bond acceptors (Lipinski definition) is 4. The van der Waals surface area contributed by atoms with Crippen molar-refractivity contribution < 1.29 is 14.9 Å². The van der Waals surface area contributed by atoms with Crippen LogP contribution in [0.1, 0.15) is 11.1 Å². The minimum absolute atomic E-state index is 0.0854. The zero-order valence-corrected chi connectivity index (χ0v) is 9.03. The summed E-state index contributed by atoms with van der Waals surface area (Å²) in [6.45, 7) is 3.57. The molecule has 0 saturated carbocycles. The van der Waals surface area contributed by atoms with Gasteiger partial charge >= 0.3 is 0 Å². The van der Waals surface area contributed by atoms with Crippen molar-refractivity contribution in [1.29, 1.82) is 0 Å². The number of aliphatic hydroxyl groups is 2. The summed E-state index contributed by atoms with van der Waals surface area (Å²) in [5.74, 6) is 0.719. The fourth-order valence-electron chi connectivity index (χ4n) is 1.44. The van der Waals surface area contributed by atoms with Crippen LogP contribution in [-0.4, -0.2) is 29.5 Å². The van der Waals surface area contributed by atoms with Crippen LogP contribution in [0.25, 0.3) is 0 Å². The number of aliphatic hydroxyl groups excluding tert-OH is 2. The second-order valence-corrected chi connectivity index (χ2v) is 3.63. The number of rotatable bonds is 4. The maximum absolute atomic E-state index is 9.16. The van der Waals surface area contributed by atoms with E-state index in [0.29, 0.717) is 5.69 Å². The Balaban J connectivity index is 2.77. The lowest BCUT2D eigenvalue weighted by molar-refractivity contribution is 0.0532. The van der Waals surface area contributed by atoms with Crippen molar-refractivity contribution in [2.24, 2.45) is 0 Å². The van der Waals surface area contributed by atoms with E-state index in [2.05, 4.69) is 0 Å². The van der Waals surface area contributed by atoms with Crippen molar-refractivity contribution in [1.82, 2.24) is 0 Å². The highest BCUT2D eigenvalue weighted by atomic mass is 16.5. The van der Waals surface area contributed by atoms with Gasteiger partial charge in [-0.1, -0.05) is 0 Å². The van der Waals surface area contributed by atoms with Crippen molar-refractivity contribution in [3.8, 4) is 5.75 Å². The molecule has 1 aromatic carbocycles. The molecule has 0 fully saturated rings. The Morgan fingerprint density at radius 1 is 1.33 bits per heavy atom. The molecule has 0 amide bonds. The number of ether oxygens (including phenoxy) is 1. The van der Waals surface area contributed by atoms with Crippen molar-refractivity contribution >= 4 is 5.69 Å². The molecule has 0 saturated heterocycles. The van der Waals surface area contributed by atoms with E-state index in [9.17, 15) is 0 Å². The van der Waals surface area contributed by atoms with Crippen molar-refractivity contribution in [2.75, 3.05) is 18.9 Å². The second kappa shape index (κ2) is 5.00. The highest BCUT2D eigenvalue weighted by Crippen LogP contribution is 2.25. The Labute approximate surface area is 89.3 Å². The topological polar surface area (TPSA) is 75.7 Å². The first-order valence-corrected chi connectivity index (χ1v) is 4.83. The quantitative estimate of drug-likeness (QED) is 0.638. The molecule has 0 heterocycles. The van der Waals surface area contributed by atoms with Crippen LogP contribution in [0.15, 0.2) is 12.1 Å². The molecular formula is C11H17NO3. The van der Waals surface area contributed by atoms with Crippen LogP contribution in [0, 0.1) is 13.8 Å². The Hall–Kier alpha value is -1.26. The Bertz CT molecular complexity index is 316. The smallest absolute Gasteiger partial charge is 0.125 e. The zero-order chi connectivity index (χ0) is 11.4. The van der Waals surface area contributed by atoms with E-state index in [-0.39, 0.29) is 13.2 Å². The maximum atomic E-state index is 9.16. The summed E-state index contributed by atoms with van der Waals surface area (Å²) >= 11 is 0. The van der Waals surface area contributed by atoms with Crippen LogP contribution >= 0.6 is 0 Å². The van der Waals surface area contributed by atoms with Crippen LogP contribution in [0.3, 0.4) is 0 Å². The summed E-state index contributed by atoms with van der Waals surface area (Å²) in [5.41, 5.74) is 8.22. The Morgan fingerprint density at radius 2 is 1.87 bits per heavy atom. The minimum atomic E-state index is -0.846. The van der Waals surface area contributed by atoms with E-state index in [1.165, 1.54) is 0 Å². The average Bonchev–Trinajstić information content (AvgIpc) is 2.15. The second-order valence-electron chi connectivity index (χ2n) is 3.63. The van der Waals surface area contributed by atoms with Crippen molar-refractivity contribution in [3.63, 3.8) is 0 Å². The molecule has 4 nitrogen and oxygen atoms in total. The number of benzene rings is 1. The summed E-state index contributed by atoms with van der Waals surface area (Å²) in [6.07, 6.45) is -0.846. The van der Waals surface area contributed by atoms with E-state index < -0.39 is 6.10 Å². The number of hydrogen-bond donors (Lipinski definition) is 3. The van der Waals surface area contributed by atoms with E-state index >= 15 is 0 Å². The molecular weight excluding hydrogens is 194 g/mol. The number of nitrogens with two attached hydrogens (primary N) is 1. The number of nitrogen functional groups attached to an aromatic ring is 1. The van der Waals surface area contributed by atoms with Crippen LogP contribution in [-0.2, 0) is 0 Å². The van der Waals surface area contributed by atoms with Gasteiger partial charge in [0, 0.05) is 5.69 Å². The van der Waals surface area contributed by atoms with Gasteiger partial charge in [-0.25, -0.2) is 0 Å². The molecule has 0 aliphatic rings. The molecule has 0 bridgehead atoms. The lowest BCUT2D eigenvalue weighted by Gasteiger charge is -2.14. The lowest BCUT2D eigenvalue weighted by atomic mass is 10.1. The molecule has 84 valence electrons. The first-order chi connectivity index (χ1) is 7.04. The van der Waals surface area contributed by atoms with Gasteiger partial charge in [0.05, 0.1) is 6.61 Å². The highest BCUT2D eigenvalue weighted by Gasteiger charge is 2.08. The molecule has 1 atom stereocenters. The molecule has 0 aliphatic heterocycles. The predicted octanol–water partition coefficient (Wildman–Crippen LogP) is 0.618. The molecule has 15 heavy (non-hydrogen) atoms. The van der Waals surface area contributed by atoms with Gasteiger partial charge in [-0.2, -0.15) is 0 Å². The number of anilines is 1. The molecule has 4 heteroatoms. The average molecular weight is 211 g/mol. The van der Waals surface area contributed by atoms with Gasteiger partial charge in [-0.15, -0.1) is 0 Å². The van der Waals surface area contributed by atoms with Crippen LogP contribution in [0.5, 0.6) is 5.75 Å². The molecule has 0 radical (unpaired) electrons. The number of aryl methyl sites for hydroxylation is 2. The molecule has 0 aromatic heterocycles. The third-order valence-corrected chi connectivity index (χ3v) is 2.11. The Kier molecular flexibility index (Phi) is 3.94. The van der Waals surface area contributed by atoms with Gasteiger partial charge in [0.1, 0.15) is 18.5 Å². The fraction of sp³-hybridized carbons (Fsp3) is 0.455. The van der Waals surface area contributed by atoms with Crippen molar-refractivity contribution in [2.45, 2.75) is 20.0 Å². The predicted molar refractivity (Wildman–Crippen MR) is 58.9 cm³/mol. The van der Waals surface area contributed by atoms with Crippen LogP contribution in [0.4, 0.5) is 5.69 Å². The molecule has 1 rings (SSSR count). The van der Waals surface area contributed by atoms with Gasteiger partial charge < -0.3 is 20.7 Å². The van der Waals surface area contributed by atoms with E-state index in [1.54, 1.807) is 0 Å². The van der Waals surface area contributed by atoms with Gasteiger partial charge in [0.25, 0.3) is 0 Å². The monoisotopic (exact) mass is 211 g/mol. The fourth-order valence-corrected chi connectivity index (χ4v) is 1.44. The highest BCUT2D eigenvalue weighted by molar-refractivity contribution is 5.52. The SMILES string of the molecule is Cc1cc(N)cc(C)c1OCC(O)CO. The van der Waals surface area contributed by atoms with Crippen LogP contribution in [0.2, 0.25) is 0 Å².